The van der Waals surface area contributed by atoms with Gasteiger partial charge in [0.05, 0.1) is 5.84 Å². The Morgan fingerprint density at radius 2 is 2.15 bits per heavy atom. The van der Waals surface area contributed by atoms with E-state index in [9.17, 15) is 0 Å². The number of nitrogens with one attached hydrogen (secondary N) is 3. The molecule has 3 heteroatoms. The van der Waals surface area contributed by atoms with Crippen molar-refractivity contribution in [1.82, 2.24) is 10.6 Å². The molecule has 74 valence electrons. The molecule has 0 fully saturated rings. The van der Waals surface area contributed by atoms with E-state index in [2.05, 4.69) is 29.4 Å². The van der Waals surface area contributed by atoms with Crippen LogP contribution >= 0.6 is 0 Å². The Hall–Kier alpha value is -1.01. The van der Waals surface area contributed by atoms with Gasteiger partial charge in [0, 0.05) is 25.4 Å². The molecule has 0 bridgehead atoms. The molecule has 0 rings (SSSR count). The van der Waals surface area contributed by atoms with Crippen LogP contribution in [0.3, 0.4) is 0 Å². The molecule has 0 aromatic heterocycles. The maximum Gasteiger partial charge on any atom is 0.0900 e. The third-order valence-corrected chi connectivity index (χ3v) is 1.67. The molecule has 0 spiro atoms. The van der Waals surface area contributed by atoms with E-state index in [1.54, 1.807) is 6.92 Å². The molecule has 3 N–H and O–H groups in total. The summed E-state index contributed by atoms with van der Waals surface area (Å²) in [5, 5.41) is 13.1. The van der Waals surface area contributed by atoms with Gasteiger partial charge in [-0.25, -0.2) is 0 Å². The van der Waals surface area contributed by atoms with Crippen molar-refractivity contribution in [2.75, 3.05) is 13.6 Å². The van der Waals surface area contributed by atoms with Crippen molar-refractivity contribution in [2.45, 2.75) is 32.7 Å². The lowest BCUT2D eigenvalue weighted by Gasteiger charge is -2.02. The van der Waals surface area contributed by atoms with E-state index in [1.165, 1.54) is 0 Å². The summed E-state index contributed by atoms with van der Waals surface area (Å²) in [4.78, 5) is 0. The van der Waals surface area contributed by atoms with Crippen molar-refractivity contribution in [1.29, 1.82) is 5.41 Å². The lowest BCUT2D eigenvalue weighted by Crippen LogP contribution is -2.20. The van der Waals surface area contributed by atoms with Crippen molar-refractivity contribution < 1.29 is 0 Å². The van der Waals surface area contributed by atoms with Crippen LogP contribution in [0.1, 0.15) is 26.7 Å². The highest BCUT2D eigenvalue weighted by atomic mass is 14.9. The van der Waals surface area contributed by atoms with Crippen LogP contribution in [-0.2, 0) is 0 Å². The average Bonchev–Trinajstić information content (AvgIpc) is 2.10. The number of hydrogen-bond acceptors (Lipinski definition) is 2. The van der Waals surface area contributed by atoms with Crippen LogP contribution in [0.2, 0.25) is 0 Å². The molecule has 0 saturated heterocycles. The van der Waals surface area contributed by atoms with Crippen LogP contribution in [0.4, 0.5) is 0 Å². The van der Waals surface area contributed by atoms with Crippen molar-refractivity contribution in [3.63, 3.8) is 0 Å². The molecule has 1 atom stereocenters. The van der Waals surface area contributed by atoms with E-state index in [1.807, 2.05) is 7.05 Å². The van der Waals surface area contributed by atoms with Crippen LogP contribution in [0.25, 0.3) is 0 Å². The number of hydrogen-bond donors (Lipinski definition) is 3. The van der Waals surface area contributed by atoms with E-state index < -0.39 is 0 Å². The summed E-state index contributed by atoms with van der Waals surface area (Å²) >= 11 is 0. The first kappa shape index (κ1) is 12.0. The second-order valence-electron chi connectivity index (χ2n) is 3.05. The average molecular weight is 181 g/mol. The number of rotatable bonds is 4. The monoisotopic (exact) mass is 181 g/mol. The Morgan fingerprint density at radius 3 is 2.69 bits per heavy atom. The van der Waals surface area contributed by atoms with E-state index in [-0.39, 0.29) is 0 Å². The summed E-state index contributed by atoms with van der Waals surface area (Å²) in [7, 11) is 1.94. The van der Waals surface area contributed by atoms with Crippen LogP contribution in [0.5, 0.6) is 0 Å². The molecule has 0 saturated carbocycles. The third-order valence-electron chi connectivity index (χ3n) is 1.67. The van der Waals surface area contributed by atoms with Gasteiger partial charge in [-0.1, -0.05) is 0 Å². The van der Waals surface area contributed by atoms with Gasteiger partial charge in [0.2, 0.25) is 0 Å². The Morgan fingerprint density at radius 1 is 1.46 bits per heavy atom. The van der Waals surface area contributed by atoms with Gasteiger partial charge in [0.1, 0.15) is 0 Å². The lowest BCUT2D eigenvalue weighted by atomic mass is 10.2. The fourth-order valence-corrected chi connectivity index (χ4v) is 0.728. The summed E-state index contributed by atoms with van der Waals surface area (Å²) in [5.41, 5.74) is 0. The van der Waals surface area contributed by atoms with E-state index in [4.69, 9.17) is 5.41 Å². The topological polar surface area (TPSA) is 47.9 Å². The first-order valence-electron chi connectivity index (χ1n) is 4.58. The molecule has 0 radical (unpaired) electrons. The minimum atomic E-state index is 0.463. The molecule has 0 aliphatic heterocycles. The maximum absolute atomic E-state index is 7.10. The smallest absolute Gasteiger partial charge is 0.0900 e. The Labute approximate surface area is 80.8 Å². The van der Waals surface area contributed by atoms with Gasteiger partial charge in [0.25, 0.3) is 0 Å². The first-order valence-corrected chi connectivity index (χ1v) is 4.58. The van der Waals surface area contributed by atoms with Crippen molar-refractivity contribution in [2.24, 2.45) is 0 Å². The fourth-order valence-electron chi connectivity index (χ4n) is 0.728. The van der Waals surface area contributed by atoms with Gasteiger partial charge >= 0.3 is 0 Å². The first-order chi connectivity index (χ1) is 6.16. The van der Waals surface area contributed by atoms with Crippen molar-refractivity contribution in [3.8, 4) is 11.8 Å². The van der Waals surface area contributed by atoms with E-state index >= 15 is 0 Å². The van der Waals surface area contributed by atoms with Gasteiger partial charge in [-0.15, -0.1) is 11.8 Å². The highest BCUT2D eigenvalue weighted by Crippen LogP contribution is 1.85. The highest BCUT2D eigenvalue weighted by molar-refractivity contribution is 5.75. The van der Waals surface area contributed by atoms with Gasteiger partial charge < -0.3 is 10.6 Å². The maximum atomic E-state index is 7.10. The molecule has 0 amide bonds. The molecule has 13 heavy (non-hydrogen) atoms. The Balaban J connectivity index is 3.35. The molecule has 0 aliphatic rings. The molecule has 0 aliphatic carbocycles. The van der Waals surface area contributed by atoms with Crippen molar-refractivity contribution in [3.05, 3.63) is 0 Å². The zero-order valence-corrected chi connectivity index (χ0v) is 8.70. The van der Waals surface area contributed by atoms with Gasteiger partial charge in [-0.3, -0.25) is 5.41 Å². The molecular formula is C10H19N3. The normalized spacial score (nSPS) is 11.3. The second-order valence-corrected chi connectivity index (χ2v) is 3.05. The Bertz CT molecular complexity index is 200. The lowest BCUT2D eigenvalue weighted by molar-refractivity contribution is 0.627. The summed E-state index contributed by atoms with van der Waals surface area (Å²) in [5.74, 6) is 6.65. The van der Waals surface area contributed by atoms with Crippen LogP contribution in [0.15, 0.2) is 0 Å². The minimum absolute atomic E-state index is 0.463. The van der Waals surface area contributed by atoms with Crippen LogP contribution < -0.4 is 10.6 Å². The Kier molecular flexibility index (Phi) is 7.04. The summed E-state index contributed by atoms with van der Waals surface area (Å²) in [6, 6.07) is 0.463. The standard InChI is InChI=1S/C10H19N3/c1-9(12-3)7-5-4-6-8-13-10(2)11/h9,12H,6-8H2,1-3H3,(H2,11,13). The minimum Gasteiger partial charge on any atom is -0.373 e. The zero-order valence-electron chi connectivity index (χ0n) is 8.70. The quantitative estimate of drug-likeness (QED) is 0.262. The van der Waals surface area contributed by atoms with E-state index in [0.717, 1.165) is 19.4 Å². The summed E-state index contributed by atoms with van der Waals surface area (Å²) in [6.07, 6.45) is 1.70. The molecule has 0 aromatic rings. The predicted molar refractivity (Wildman–Crippen MR) is 56.9 cm³/mol. The highest BCUT2D eigenvalue weighted by Gasteiger charge is 1.91. The van der Waals surface area contributed by atoms with E-state index in [0.29, 0.717) is 11.9 Å². The van der Waals surface area contributed by atoms with Gasteiger partial charge in [0.15, 0.2) is 0 Å². The number of amidine groups is 1. The van der Waals surface area contributed by atoms with Crippen LogP contribution in [-0.4, -0.2) is 25.5 Å². The van der Waals surface area contributed by atoms with Crippen molar-refractivity contribution >= 4 is 5.84 Å². The third kappa shape index (κ3) is 8.90. The molecular weight excluding hydrogens is 162 g/mol. The molecule has 1 unspecified atom stereocenters. The fraction of sp³-hybridized carbons (Fsp3) is 0.700. The summed E-state index contributed by atoms with van der Waals surface area (Å²) < 4.78 is 0. The molecule has 0 aromatic carbocycles. The van der Waals surface area contributed by atoms with Crippen LogP contribution in [0, 0.1) is 17.3 Å². The molecule has 0 heterocycles. The van der Waals surface area contributed by atoms with Gasteiger partial charge in [-0.05, 0) is 20.9 Å². The largest absolute Gasteiger partial charge is 0.373 e. The molecule has 3 nitrogen and oxygen atoms in total. The SMILES string of the molecule is CNC(C)CC#CCCNC(C)=N. The van der Waals surface area contributed by atoms with Gasteiger partial charge in [-0.2, -0.15) is 0 Å². The summed E-state index contributed by atoms with van der Waals surface area (Å²) in [6.45, 7) is 4.61. The second kappa shape index (κ2) is 7.63. The predicted octanol–water partition coefficient (Wildman–Crippen LogP) is 0.965. The zero-order chi connectivity index (χ0) is 10.1.